The second-order valence-corrected chi connectivity index (χ2v) is 5.35. The summed E-state index contributed by atoms with van der Waals surface area (Å²) in [5, 5.41) is 0. The number of para-hydroxylation sites is 1. The highest BCUT2D eigenvalue weighted by atomic mass is 19.4. The van der Waals surface area contributed by atoms with Gasteiger partial charge in [0.2, 0.25) is 0 Å². The van der Waals surface area contributed by atoms with Crippen molar-refractivity contribution in [3.05, 3.63) is 29.8 Å². The molecule has 4 nitrogen and oxygen atoms in total. The molecular weight excluding hydrogens is 311 g/mol. The number of halogens is 3. The van der Waals surface area contributed by atoms with Gasteiger partial charge in [-0.2, -0.15) is 13.2 Å². The Hall–Kier alpha value is -1.76. The molecule has 0 spiro atoms. The van der Waals surface area contributed by atoms with Crippen LogP contribution >= 0.6 is 0 Å². The first-order chi connectivity index (χ1) is 10.9. The molecule has 1 fully saturated rings. The molecule has 1 amide bonds. The van der Waals surface area contributed by atoms with Crippen molar-refractivity contribution in [3.63, 3.8) is 0 Å². The Kier molecular flexibility index (Phi) is 5.87. The van der Waals surface area contributed by atoms with E-state index < -0.39 is 24.7 Å². The van der Waals surface area contributed by atoms with Gasteiger partial charge in [-0.25, -0.2) is 0 Å². The lowest BCUT2D eigenvalue weighted by atomic mass is 10.1. The zero-order chi connectivity index (χ0) is 16.9. The number of morpholine rings is 1. The molecule has 7 heteroatoms. The van der Waals surface area contributed by atoms with Crippen LogP contribution in [0.3, 0.4) is 0 Å². The van der Waals surface area contributed by atoms with Crippen LogP contribution in [0.2, 0.25) is 0 Å². The maximum absolute atomic E-state index is 12.8. The predicted octanol–water partition coefficient (Wildman–Crippen LogP) is 3.27. The van der Waals surface area contributed by atoms with E-state index in [0.717, 1.165) is 12.8 Å². The molecule has 0 saturated carbocycles. The Bertz CT molecular complexity index is 534. The summed E-state index contributed by atoms with van der Waals surface area (Å²) >= 11 is 0. The lowest BCUT2D eigenvalue weighted by Gasteiger charge is -2.34. The second-order valence-electron chi connectivity index (χ2n) is 5.35. The van der Waals surface area contributed by atoms with E-state index in [0.29, 0.717) is 12.4 Å². The molecule has 23 heavy (non-hydrogen) atoms. The third-order valence-corrected chi connectivity index (χ3v) is 3.59. The zero-order valence-corrected chi connectivity index (χ0v) is 12.9. The molecule has 0 aliphatic carbocycles. The average molecular weight is 331 g/mol. The first-order valence-electron chi connectivity index (χ1n) is 7.63. The van der Waals surface area contributed by atoms with Crippen LogP contribution < -0.4 is 4.74 Å². The molecular formula is C16H20F3NO3. The van der Waals surface area contributed by atoms with Crippen LogP contribution in [0.1, 0.15) is 30.1 Å². The van der Waals surface area contributed by atoms with E-state index in [9.17, 15) is 18.0 Å². The van der Waals surface area contributed by atoms with Crippen molar-refractivity contribution in [2.45, 2.75) is 32.0 Å². The van der Waals surface area contributed by atoms with E-state index >= 15 is 0 Å². The van der Waals surface area contributed by atoms with Gasteiger partial charge in [-0.05, 0) is 18.6 Å². The summed E-state index contributed by atoms with van der Waals surface area (Å²) in [5.74, 6) is -0.0596. The quantitative estimate of drug-likeness (QED) is 0.778. The predicted molar refractivity (Wildman–Crippen MR) is 78.5 cm³/mol. The molecule has 1 atom stereocenters. The number of hydrogen-bond acceptors (Lipinski definition) is 3. The number of nitrogens with zero attached hydrogens (tertiary/aromatic N) is 1. The van der Waals surface area contributed by atoms with E-state index in [1.54, 1.807) is 24.3 Å². The van der Waals surface area contributed by atoms with Gasteiger partial charge in [-0.1, -0.05) is 25.5 Å². The Labute approximate surface area is 133 Å². The molecule has 128 valence electrons. The van der Waals surface area contributed by atoms with Crippen molar-refractivity contribution >= 4 is 5.91 Å². The summed E-state index contributed by atoms with van der Waals surface area (Å²) in [4.78, 5) is 13.7. The van der Waals surface area contributed by atoms with Crippen molar-refractivity contribution in [1.82, 2.24) is 4.90 Å². The van der Waals surface area contributed by atoms with Gasteiger partial charge < -0.3 is 14.4 Å². The molecule has 1 aromatic rings. The molecule has 0 radical (unpaired) electrons. The maximum Gasteiger partial charge on any atom is 0.416 e. The first kappa shape index (κ1) is 17.6. The van der Waals surface area contributed by atoms with Crippen molar-refractivity contribution in [1.29, 1.82) is 0 Å². The molecule has 2 rings (SSSR count). The van der Waals surface area contributed by atoms with Crippen LogP contribution in [-0.2, 0) is 4.74 Å². The Morgan fingerprint density at radius 1 is 1.39 bits per heavy atom. The number of alkyl halides is 3. The Morgan fingerprint density at radius 3 is 2.83 bits per heavy atom. The van der Waals surface area contributed by atoms with Gasteiger partial charge in [-0.15, -0.1) is 0 Å². The normalized spacial score (nSPS) is 18.8. The van der Waals surface area contributed by atoms with Gasteiger partial charge in [0, 0.05) is 6.54 Å². The standard InChI is InChI=1S/C16H20F3NO3/c1-2-3-9-22-13-7-5-4-6-12(13)15(21)20-8-10-23-14(11-20)16(17,18)19/h4-7,14H,2-3,8-11H2,1H3/t14-/m0/s1. The van der Waals surface area contributed by atoms with E-state index in [1.165, 1.54) is 4.90 Å². The summed E-state index contributed by atoms with van der Waals surface area (Å²) in [6.45, 7) is 2.00. The minimum atomic E-state index is -4.48. The summed E-state index contributed by atoms with van der Waals surface area (Å²) in [6.07, 6.45) is -4.62. The van der Waals surface area contributed by atoms with E-state index in [4.69, 9.17) is 9.47 Å². The fourth-order valence-electron chi connectivity index (χ4n) is 2.30. The van der Waals surface area contributed by atoms with E-state index in [1.807, 2.05) is 6.92 Å². The molecule has 0 N–H and O–H groups in total. The first-order valence-corrected chi connectivity index (χ1v) is 7.63. The average Bonchev–Trinajstić information content (AvgIpc) is 2.54. The molecule has 0 unspecified atom stereocenters. The summed E-state index contributed by atoms with van der Waals surface area (Å²) in [5.41, 5.74) is 0.284. The third-order valence-electron chi connectivity index (χ3n) is 3.59. The van der Waals surface area contributed by atoms with Gasteiger partial charge >= 0.3 is 6.18 Å². The van der Waals surface area contributed by atoms with Crippen molar-refractivity contribution in [2.24, 2.45) is 0 Å². The second kappa shape index (κ2) is 7.68. The summed E-state index contributed by atoms with van der Waals surface area (Å²) in [7, 11) is 0. The van der Waals surface area contributed by atoms with Gasteiger partial charge in [0.05, 0.1) is 25.3 Å². The zero-order valence-electron chi connectivity index (χ0n) is 12.9. The number of ether oxygens (including phenoxy) is 2. The SMILES string of the molecule is CCCCOc1ccccc1C(=O)N1CCO[C@H](C(F)(F)F)C1. The number of rotatable bonds is 5. The lowest BCUT2D eigenvalue weighted by Crippen LogP contribution is -2.51. The molecule has 1 aliphatic heterocycles. The van der Waals surface area contributed by atoms with Crippen LogP contribution in [0.25, 0.3) is 0 Å². The minimum absolute atomic E-state index is 0.130. The number of amides is 1. The number of carbonyl (C=O) groups excluding carboxylic acids is 1. The lowest BCUT2D eigenvalue weighted by molar-refractivity contribution is -0.233. The van der Waals surface area contributed by atoms with Crippen LogP contribution in [0, 0.1) is 0 Å². The van der Waals surface area contributed by atoms with Gasteiger partial charge in [-0.3, -0.25) is 4.79 Å². The van der Waals surface area contributed by atoms with Crippen molar-refractivity contribution in [3.8, 4) is 5.75 Å². The van der Waals surface area contributed by atoms with Gasteiger partial charge in [0.1, 0.15) is 5.75 Å². The fraction of sp³-hybridized carbons (Fsp3) is 0.562. The molecule has 1 aromatic carbocycles. The molecule has 1 saturated heterocycles. The van der Waals surface area contributed by atoms with E-state index in [-0.39, 0.29) is 18.7 Å². The highest BCUT2D eigenvalue weighted by molar-refractivity contribution is 5.97. The van der Waals surface area contributed by atoms with Gasteiger partial charge in [0.25, 0.3) is 5.91 Å². The topological polar surface area (TPSA) is 38.8 Å². The summed E-state index contributed by atoms with van der Waals surface area (Å²) < 4.78 is 48.6. The van der Waals surface area contributed by atoms with Crippen LogP contribution in [0.5, 0.6) is 5.75 Å². The number of unbranched alkanes of at least 4 members (excludes halogenated alkanes) is 1. The number of hydrogen-bond donors (Lipinski definition) is 0. The Balaban J connectivity index is 2.10. The fourth-order valence-corrected chi connectivity index (χ4v) is 2.30. The molecule has 0 bridgehead atoms. The molecule has 1 heterocycles. The highest BCUT2D eigenvalue weighted by Gasteiger charge is 2.44. The third kappa shape index (κ3) is 4.60. The van der Waals surface area contributed by atoms with Crippen LogP contribution in [0.4, 0.5) is 13.2 Å². The highest BCUT2D eigenvalue weighted by Crippen LogP contribution is 2.27. The van der Waals surface area contributed by atoms with Gasteiger partial charge in [0.15, 0.2) is 6.10 Å². The number of carbonyl (C=O) groups is 1. The monoisotopic (exact) mass is 331 g/mol. The Morgan fingerprint density at radius 2 is 2.13 bits per heavy atom. The molecule has 1 aliphatic rings. The minimum Gasteiger partial charge on any atom is -0.493 e. The van der Waals surface area contributed by atoms with Crippen LogP contribution in [0.15, 0.2) is 24.3 Å². The smallest absolute Gasteiger partial charge is 0.416 e. The van der Waals surface area contributed by atoms with Crippen LogP contribution in [-0.4, -0.2) is 49.4 Å². The largest absolute Gasteiger partial charge is 0.493 e. The molecule has 0 aromatic heterocycles. The van der Waals surface area contributed by atoms with Crippen molar-refractivity contribution in [2.75, 3.05) is 26.3 Å². The summed E-state index contributed by atoms with van der Waals surface area (Å²) in [6, 6.07) is 6.63. The van der Waals surface area contributed by atoms with Crippen molar-refractivity contribution < 1.29 is 27.4 Å². The maximum atomic E-state index is 12.8. The number of benzene rings is 1. The van der Waals surface area contributed by atoms with E-state index in [2.05, 4.69) is 0 Å².